The van der Waals surface area contributed by atoms with Gasteiger partial charge in [-0.05, 0) is 51.7 Å². The molecule has 0 spiro atoms. The van der Waals surface area contributed by atoms with Crippen molar-refractivity contribution < 1.29 is 24.0 Å². The molecule has 5 nitrogen and oxygen atoms in total. The van der Waals surface area contributed by atoms with Crippen LogP contribution in [-0.2, 0) is 9.39 Å². The van der Waals surface area contributed by atoms with Crippen LogP contribution in [0.5, 0.6) is 5.75 Å². The van der Waals surface area contributed by atoms with Gasteiger partial charge >= 0.3 is 13.5 Å². The molecule has 0 atom stereocenters. The van der Waals surface area contributed by atoms with Crippen LogP contribution in [0, 0.1) is 6.92 Å². The summed E-state index contributed by atoms with van der Waals surface area (Å²) in [5.41, 5.74) is 0.0781. The van der Waals surface area contributed by atoms with Gasteiger partial charge in [0.05, 0.1) is 25.4 Å². The Balaban J connectivity index is 3.04. The second kappa shape index (κ2) is 6.71. The number of carbonyl (C=O) groups is 1. The minimum absolute atomic E-state index is 0.392. The van der Waals surface area contributed by atoms with Gasteiger partial charge in [-0.2, -0.15) is 0 Å². The quantitative estimate of drug-likeness (QED) is 0.639. The van der Waals surface area contributed by atoms with E-state index in [2.05, 4.69) is 0 Å². The molecule has 0 bridgehead atoms. The predicted octanol–water partition coefficient (Wildman–Crippen LogP) is 1.60. The van der Waals surface area contributed by atoms with E-state index in [1.165, 1.54) is 14.2 Å². The summed E-state index contributed by atoms with van der Waals surface area (Å²) in [4.78, 5) is 11.8. The van der Waals surface area contributed by atoms with Crippen molar-refractivity contribution in [2.75, 3.05) is 14.2 Å². The fourth-order valence-electron chi connectivity index (χ4n) is 1.73. The van der Waals surface area contributed by atoms with Gasteiger partial charge in [-0.3, -0.25) is 0 Å². The summed E-state index contributed by atoms with van der Waals surface area (Å²) in [6.07, 6.45) is 0. The lowest BCUT2D eigenvalue weighted by Gasteiger charge is -2.37. The van der Waals surface area contributed by atoms with Crippen molar-refractivity contribution in [3.8, 4) is 5.75 Å². The molecule has 1 aromatic rings. The number of hydrogen-bond acceptors (Lipinski definition) is 5. The lowest BCUT2D eigenvalue weighted by Crippen LogP contribution is -2.49. The SMILES string of the molecule is COC(=O)c1c(C)cc([B]OC(C)(C)C(C)(C)O)cc1OC. The predicted molar refractivity (Wildman–Crippen MR) is 85.9 cm³/mol. The zero-order valence-corrected chi connectivity index (χ0v) is 14.3. The normalized spacial score (nSPS) is 12.0. The van der Waals surface area contributed by atoms with Crippen LogP contribution in [-0.4, -0.2) is 44.0 Å². The Bertz CT molecular complexity index is 546. The van der Waals surface area contributed by atoms with Crippen molar-refractivity contribution in [2.45, 2.75) is 45.8 Å². The molecule has 121 valence electrons. The number of aryl methyl sites for hydroxylation is 1. The summed E-state index contributed by atoms with van der Waals surface area (Å²) in [6, 6.07) is 3.49. The molecule has 0 heterocycles. The average molecular weight is 307 g/mol. The third kappa shape index (κ3) is 4.02. The first-order valence-corrected chi connectivity index (χ1v) is 7.04. The second-order valence-corrected chi connectivity index (χ2v) is 6.21. The molecule has 6 heteroatoms. The highest BCUT2D eigenvalue weighted by Gasteiger charge is 2.35. The van der Waals surface area contributed by atoms with Crippen molar-refractivity contribution in [1.82, 2.24) is 0 Å². The van der Waals surface area contributed by atoms with Crippen molar-refractivity contribution >= 4 is 18.9 Å². The van der Waals surface area contributed by atoms with Crippen LogP contribution < -0.4 is 10.2 Å². The maximum absolute atomic E-state index is 11.8. The molecule has 1 N–H and O–H groups in total. The molecule has 0 amide bonds. The maximum Gasteiger partial charge on any atom is 0.341 e. The summed E-state index contributed by atoms with van der Waals surface area (Å²) in [5.74, 6) is -0.0265. The van der Waals surface area contributed by atoms with E-state index in [4.69, 9.17) is 14.1 Å². The van der Waals surface area contributed by atoms with E-state index in [9.17, 15) is 9.90 Å². The maximum atomic E-state index is 11.8. The van der Waals surface area contributed by atoms with Gasteiger partial charge in [-0.1, -0.05) is 6.07 Å². The van der Waals surface area contributed by atoms with Gasteiger partial charge in [0.1, 0.15) is 11.3 Å². The lowest BCUT2D eigenvalue weighted by atomic mass is 9.81. The zero-order valence-electron chi connectivity index (χ0n) is 14.3. The second-order valence-electron chi connectivity index (χ2n) is 6.21. The Kier molecular flexibility index (Phi) is 5.65. The first-order chi connectivity index (χ1) is 10.0. The molecular weight excluding hydrogens is 283 g/mol. The van der Waals surface area contributed by atoms with Gasteiger partial charge in [0.25, 0.3) is 0 Å². The van der Waals surface area contributed by atoms with Gasteiger partial charge in [0.15, 0.2) is 0 Å². The average Bonchev–Trinajstić information content (AvgIpc) is 2.42. The number of benzene rings is 1. The molecule has 1 rings (SSSR count). The van der Waals surface area contributed by atoms with E-state index in [-0.39, 0.29) is 0 Å². The molecule has 0 saturated heterocycles. The third-order valence-corrected chi connectivity index (χ3v) is 3.89. The van der Waals surface area contributed by atoms with Gasteiger partial charge in [-0.15, -0.1) is 0 Å². The minimum Gasteiger partial charge on any atom is -0.496 e. The zero-order chi connectivity index (χ0) is 17.1. The lowest BCUT2D eigenvalue weighted by molar-refractivity contribution is -0.0893. The van der Waals surface area contributed by atoms with E-state index in [1.807, 2.05) is 0 Å². The molecule has 1 aromatic carbocycles. The largest absolute Gasteiger partial charge is 0.496 e. The van der Waals surface area contributed by atoms with Gasteiger partial charge in [0, 0.05) is 0 Å². The highest BCUT2D eigenvalue weighted by molar-refractivity contribution is 6.47. The number of aliphatic hydroxyl groups is 1. The first kappa shape index (κ1) is 18.5. The van der Waals surface area contributed by atoms with Gasteiger partial charge < -0.3 is 19.2 Å². The van der Waals surface area contributed by atoms with Crippen LogP contribution in [0.1, 0.15) is 43.6 Å². The van der Waals surface area contributed by atoms with Crippen LogP contribution in [0.25, 0.3) is 0 Å². The Morgan fingerprint density at radius 2 is 1.77 bits per heavy atom. The van der Waals surface area contributed by atoms with Crippen molar-refractivity contribution in [1.29, 1.82) is 0 Å². The van der Waals surface area contributed by atoms with Gasteiger partial charge in [0.2, 0.25) is 0 Å². The summed E-state index contributed by atoms with van der Waals surface area (Å²) in [7, 11) is 4.37. The van der Waals surface area contributed by atoms with Gasteiger partial charge in [-0.25, -0.2) is 4.79 Å². The molecule has 0 aliphatic rings. The first-order valence-electron chi connectivity index (χ1n) is 7.04. The topological polar surface area (TPSA) is 65.0 Å². The van der Waals surface area contributed by atoms with E-state index in [0.29, 0.717) is 11.3 Å². The van der Waals surface area contributed by atoms with E-state index in [1.54, 1.807) is 54.2 Å². The molecule has 0 unspecified atom stereocenters. The summed E-state index contributed by atoms with van der Waals surface area (Å²) < 4.78 is 15.7. The summed E-state index contributed by atoms with van der Waals surface area (Å²) in [5, 5.41) is 10.1. The summed E-state index contributed by atoms with van der Waals surface area (Å²) >= 11 is 0. The van der Waals surface area contributed by atoms with Crippen molar-refractivity contribution in [2.24, 2.45) is 0 Å². The Labute approximate surface area is 132 Å². The Hall–Kier alpha value is -1.53. The van der Waals surface area contributed by atoms with Crippen LogP contribution in [0.2, 0.25) is 0 Å². The summed E-state index contributed by atoms with van der Waals surface area (Å²) in [6.45, 7) is 8.78. The molecule has 0 aliphatic carbocycles. The molecule has 22 heavy (non-hydrogen) atoms. The van der Waals surface area contributed by atoms with E-state index in [0.717, 1.165) is 11.0 Å². The molecule has 0 saturated carbocycles. The van der Waals surface area contributed by atoms with Crippen LogP contribution >= 0.6 is 0 Å². The Morgan fingerprint density at radius 3 is 2.23 bits per heavy atom. The molecule has 0 aromatic heterocycles. The van der Waals surface area contributed by atoms with Crippen LogP contribution in [0.3, 0.4) is 0 Å². The smallest absolute Gasteiger partial charge is 0.341 e. The number of ether oxygens (including phenoxy) is 2. The Morgan fingerprint density at radius 1 is 1.18 bits per heavy atom. The molecule has 1 radical (unpaired) electrons. The fraction of sp³-hybridized carbons (Fsp3) is 0.562. The minimum atomic E-state index is -1.01. The number of carbonyl (C=O) groups excluding carboxylic acids is 1. The number of rotatable bonds is 6. The number of methoxy groups -OCH3 is 2. The van der Waals surface area contributed by atoms with Crippen LogP contribution in [0.4, 0.5) is 0 Å². The highest BCUT2D eigenvalue weighted by Crippen LogP contribution is 2.25. The standard InChI is InChI=1S/C16H24BO5/c1-10-8-11(17-22-16(4,5)15(2,3)19)9-12(20-6)13(10)14(18)21-7/h8-9,19H,1-7H3. The monoisotopic (exact) mass is 307 g/mol. The third-order valence-electron chi connectivity index (χ3n) is 3.89. The fourth-order valence-corrected chi connectivity index (χ4v) is 1.73. The highest BCUT2D eigenvalue weighted by atomic mass is 16.5. The molecule has 0 aliphatic heterocycles. The number of esters is 1. The van der Waals surface area contributed by atoms with Crippen LogP contribution in [0.15, 0.2) is 12.1 Å². The number of hydrogen-bond donors (Lipinski definition) is 1. The molecule has 0 fully saturated rings. The van der Waals surface area contributed by atoms with Crippen molar-refractivity contribution in [3.05, 3.63) is 23.3 Å². The van der Waals surface area contributed by atoms with E-state index < -0.39 is 17.2 Å². The van der Waals surface area contributed by atoms with Crippen molar-refractivity contribution in [3.63, 3.8) is 0 Å². The van der Waals surface area contributed by atoms with E-state index >= 15 is 0 Å². The molecular formula is C16H24BO5.